The lowest BCUT2D eigenvalue weighted by molar-refractivity contribution is 1.05. The van der Waals surface area contributed by atoms with Gasteiger partial charge in [0.25, 0.3) is 0 Å². The van der Waals surface area contributed by atoms with Crippen molar-refractivity contribution in [3.63, 3.8) is 0 Å². The zero-order valence-corrected chi connectivity index (χ0v) is 12.4. The fourth-order valence-corrected chi connectivity index (χ4v) is 2.90. The maximum absolute atomic E-state index is 4.37. The fourth-order valence-electron chi connectivity index (χ4n) is 1.17. The standard InChI is InChI=1S/C11H8Br2N2S/c1-7-5-8(12)6-15-10(7)16-11-9(13)3-2-4-14-11/h2-6H,1H3. The van der Waals surface area contributed by atoms with Crippen LogP contribution in [0.1, 0.15) is 5.56 Å². The summed E-state index contributed by atoms with van der Waals surface area (Å²) in [4.78, 5) is 8.67. The van der Waals surface area contributed by atoms with E-state index in [-0.39, 0.29) is 0 Å². The predicted octanol–water partition coefficient (Wildman–Crippen LogP) is 4.46. The van der Waals surface area contributed by atoms with Gasteiger partial charge in [-0.05, 0) is 74.3 Å². The number of hydrogen-bond donors (Lipinski definition) is 0. The minimum absolute atomic E-state index is 0.931. The normalized spacial score (nSPS) is 10.4. The van der Waals surface area contributed by atoms with Gasteiger partial charge in [-0.25, -0.2) is 9.97 Å². The van der Waals surface area contributed by atoms with Crippen LogP contribution in [-0.4, -0.2) is 9.97 Å². The number of pyridine rings is 2. The highest BCUT2D eigenvalue weighted by Gasteiger charge is 2.07. The second kappa shape index (κ2) is 5.29. The molecule has 0 aliphatic carbocycles. The van der Waals surface area contributed by atoms with Crippen molar-refractivity contribution in [3.8, 4) is 0 Å². The second-order valence-corrected chi connectivity index (χ2v) is 5.92. The minimum atomic E-state index is 0.931. The van der Waals surface area contributed by atoms with Gasteiger partial charge in [-0.2, -0.15) is 0 Å². The molecule has 0 fully saturated rings. The van der Waals surface area contributed by atoms with Gasteiger partial charge < -0.3 is 0 Å². The molecule has 0 aliphatic rings. The van der Waals surface area contributed by atoms with Crippen molar-refractivity contribution in [1.82, 2.24) is 9.97 Å². The molecular formula is C11H8Br2N2S. The van der Waals surface area contributed by atoms with Gasteiger partial charge in [0.2, 0.25) is 0 Å². The van der Waals surface area contributed by atoms with Gasteiger partial charge in [0, 0.05) is 16.9 Å². The van der Waals surface area contributed by atoms with Gasteiger partial charge in [0.1, 0.15) is 10.1 Å². The van der Waals surface area contributed by atoms with Crippen LogP contribution in [0.25, 0.3) is 0 Å². The molecule has 16 heavy (non-hydrogen) atoms. The molecule has 5 heteroatoms. The van der Waals surface area contributed by atoms with Gasteiger partial charge in [0.05, 0.1) is 4.47 Å². The second-order valence-electron chi connectivity index (χ2n) is 3.17. The van der Waals surface area contributed by atoms with E-state index < -0.39 is 0 Å². The maximum Gasteiger partial charge on any atom is 0.116 e. The number of aromatic nitrogens is 2. The van der Waals surface area contributed by atoms with Crippen LogP contribution in [0.5, 0.6) is 0 Å². The maximum atomic E-state index is 4.37. The third-order valence-electron chi connectivity index (χ3n) is 1.91. The lowest BCUT2D eigenvalue weighted by atomic mass is 10.3. The third kappa shape index (κ3) is 2.84. The molecule has 0 unspecified atom stereocenters. The molecule has 2 rings (SSSR count). The van der Waals surface area contributed by atoms with E-state index in [9.17, 15) is 0 Å². The van der Waals surface area contributed by atoms with Gasteiger partial charge >= 0.3 is 0 Å². The molecule has 0 bridgehead atoms. The average molecular weight is 360 g/mol. The topological polar surface area (TPSA) is 25.8 Å². The lowest BCUT2D eigenvalue weighted by Crippen LogP contribution is -1.87. The molecule has 0 saturated heterocycles. The van der Waals surface area contributed by atoms with E-state index in [1.807, 2.05) is 25.1 Å². The monoisotopic (exact) mass is 358 g/mol. The molecule has 0 aliphatic heterocycles. The number of halogens is 2. The summed E-state index contributed by atoms with van der Waals surface area (Å²) < 4.78 is 1.98. The highest BCUT2D eigenvalue weighted by molar-refractivity contribution is 9.10. The Morgan fingerprint density at radius 3 is 2.69 bits per heavy atom. The lowest BCUT2D eigenvalue weighted by Gasteiger charge is -2.05. The molecule has 2 aromatic heterocycles. The van der Waals surface area contributed by atoms with Gasteiger partial charge in [-0.15, -0.1) is 0 Å². The highest BCUT2D eigenvalue weighted by Crippen LogP contribution is 2.32. The predicted molar refractivity (Wildman–Crippen MR) is 72.7 cm³/mol. The van der Waals surface area contributed by atoms with Crippen molar-refractivity contribution in [2.45, 2.75) is 17.0 Å². The van der Waals surface area contributed by atoms with Gasteiger partial charge in [-0.3, -0.25) is 0 Å². The average Bonchev–Trinajstić information content (AvgIpc) is 2.25. The molecule has 0 saturated carbocycles. The molecule has 0 atom stereocenters. The molecular weight excluding hydrogens is 352 g/mol. The zero-order chi connectivity index (χ0) is 11.5. The summed E-state index contributed by atoms with van der Waals surface area (Å²) in [5, 5.41) is 1.91. The smallest absolute Gasteiger partial charge is 0.116 e. The first-order valence-electron chi connectivity index (χ1n) is 4.57. The highest BCUT2D eigenvalue weighted by atomic mass is 79.9. The van der Waals surface area contributed by atoms with E-state index >= 15 is 0 Å². The van der Waals surface area contributed by atoms with Gasteiger partial charge in [-0.1, -0.05) is 0 Å². The van der Waals surface area contributed by atoms with Crippen molar-refractivity contribution >= 4 is 43.6 Å². The Hall–Kier alpha value is -0.390. The first kappa shape index (κ1) is 12.1. The van der Waals surface area contributed by atoms with Crippen LogP contribution in [0.4, 0.5) is 0 Å². The molecule has 0 N–H and O–H groups in total. The summed E-state index contributed by atoms with van der Waals surface area (Å²) in [6, 6.07) is 5.92. The van der Waals surface area contributed by atoms with Crippen molar-refractivity contribution in [2.24, 2.45) is 0 Å². The number of nitrogens with zero attached hydrogens (tertiary/aromatic N) is 2. The van der Waals surface area contributed by atoms with E-state index in [0.717, 1.165) is 24.6 Å². The van der Waals surface area contributed by atoms with Crippen LogP contribution in [0.3, 0.4) is 0 Å². The largest absolute Gasteiger partial charge is 0.248 e. The number of rotatable bonds is 2. The zero-order valence-electron chi connectivity index (χ0n) is 8.45. The van der Waals surface area contributed by atoms with Crippen LogP contribution < -0.4 is 0 Å². The van der Waals surface area contributed by atoms with Crippen LogP contribution in [0, 0.1) is 6.92 Å². The van der Waals surface area contributed by atoms with E-state index in [1.165, 1.54) is 0 Å². The van der Waals surface area contributed by atoms with E-state index in [4.69, 9.17) is 0 Å². The molecule has 2 nitrogen and oxygen atoms in total. The summed E-state index contributed by atoms with van der Waals surface area (Å²) >= 11 is 8.43. The Bertz CT molecular complexity index is 517. The summed E-state index contributed by atoms with van der Waals surface area (Å²) in [5.41, 5.74) is 1.14. The van der Waals surface area contributed by atoms with Crippen LogP contribution in [0.15, 0.2) is 49.6 Å². The summed E-state index contributed by atoms with van der Waals surface area (Å²) in [6.45, 7) is 2.04. The molecule has 2 heterocycles. The fraction of sp³-hybridized carbons (Fsp3) is 0.0909. The first-order valence-corrected chi connectivity index (χ1v) is 6.97. The molecule has 2 aromatic rings. The first-order chi connectivity index (χ1) is 7.66. The van der Waals surface area contributed by atoms with Crippen molar-refractivity contribution in [1.29, 1.82) is 0 Å². The van der Waals surface area contributed by atoms with E-state index in [2.05, 4.69) is 41.8 Å². The minimum Gasteiger partial charge on any atom is -0.248 e. The van der Waals surface area contributed by atoms with Crippen LogP contribution in [0.2, 0.25) is 0 Å². The Kier molecular flexibility index (Phi) is 4.00. The van der Waals surface area contributed by atoms with Crippen LogP contribution >= 0.6 is 43.6 Å². The van der Waals surface area contributed by atoms with Gasteiger partial charge in [0.15, 0.2) is 0 Å². The quantitative estimate of drug-likeness (QED) is 0.791. The van der Waals surface area contributed by atoms with Crippen molar-refractivity contribution in [3.05, 3.63) is 45.1 Å². The summed E-state index contributed by atoms with van der Waals surface area (Å²) in [5.74, 6) is 0. The number of hydrogen-bond acceptors (Lipinski definition) is 3. The summed E-state index contributed by atoms with van der Waals surface area (Å²) in [6.07, 6.45) is 3.58. The molecule has 0 amide bonds. The van der Waals surface area contributed by atoms with E-state index in [0.29, 0.717) is 0 Å². The van der Waals surface area contributed by atoms with E-state index in [1.54, 1.807) is 24.2 Å². The molecule has 0 radical (unpaired) electrons. The Labute approximate surface area is 115 Å². The molecule has 0 aromatic carbocycles. The van der Waals surface area contributed by atoms with Crippen molar-refractivity contribution < 1.29 is 0 Å². The Balaban J connectivity index is 2.31. The third-order valence-corrected chi connectivity index (χ3v) is 4.39. The Morgan fingerprint density at radius 1 is 1.19 bits per heavy atom. The molecule has 0 spiro atoms. The number of aryl methyl sites for hydroxylation is 1. The summed E-state index contributed by atoms with van der Waals surface area (Å²) in [7, 11) is 0. The molecule has 82 valence electrons. The SMILES string of the molecule is Cc1cc(Br)cnc1Sc1ncccc1Br. The Morgan fingerprint density at radius 2 is 2.00 bits per heavy atom. The van der Waals surface area contributed by atoms with Crippen molar-refractivity contribution in [2.75, 3.05) is 0 Å². The van der Waals surface area contributed by atoms with Crippen LogP contribution in [-0.2, 0) is 0 Å².